The van der Waals surface area contributed by atoms with Gasteiger partial charge in [0.1, 0.15) is 13.2 Å². The lowest BCUT2D eigenvalue weighted by Crippen LogP contribution is -2.30. The molecule has 6 heteroatoms. The van der Waals surface area contributed by atoms with Gasteiger partial charge in [-0.05, 0) is 103 Å². The van der Waals surface area contributed by atoms with Crippen molar-refractivity contribution in [2.45, 2.75) is 322 Å². The number of carbonyl (C=O) groups excluding carboxylic acids is 3. The number of hydrogen-bond donors (Lipinski definition) is 0. The fourth-order valence-electron chi connectivity index (χ4n) is 8.70. The number of hydrogen-bond acceptors (Lipinski definition) is 6. The Balaban J connectivity index is 4.34. The normalized spacial score (nSPS) is 12.3. The largest absolute Gasteiger partial charge is 0.462 e. The quantitative estimate of drug-likeness (QED) is 0.0262. The maximum absolute atomic E-state index is 12.9. The first-order valence-electron chi connectivity index (χ1n) is 30.1. The van der Waals surface area contributed by atoms with Crippen LogP contribution in [0.2, 0.25) is 0 Å². The lowest BCUT2D eigenvalue weighted by atomic mass is 10.1. The Morgan fingerprint density at radius 2 is 0.522 bits per heavy atom. The van der Waals surface area contributed by atoms with E-state index in [-0.39, 0.29) is 31.1 Å². The first kappa shape index (κ1) is 66.4. The molecule has 0 saturated heterocycles. The molecule has 0 spiro atoms. The standard InChI is InChI=1S/C63H114O6/c1-4-7-10-13-16-19-22-25-27-29-30-31-32-34-35-38-41-44-47-50-53-56-62(65)68-59-60(58-67-61(64)55-52-49-46-43-40-37-24-21-18-15-12-9-6-3)69-63(66)57-54-51-48-45-42-39-36-33-28-26-23-20-17-14-11-8-5-2/h21-22,24-26,28-30,60H,4-20,23,27,31-59H2,1-3H3/b24-21-,25-22-,28-26-,30-29-. The molecular formula is C63H114O6. The van der Waals surface area contributed by atoms with Crippen molar-refractivity contribution in [3.05, 3.63) is 48.6 Å². The van der Waals surface area contributed by atoms with Gasteiger partial charge in [-0.3, -0.25) is 14.4 Å². The molecule has 0 aliphatic carbocycles. The molecule has 69 heavy (non-hydrogen) atoms. The molecule has 0 N–H and O–H groups in total. The van der Waals surface area contributed by atoms with E-state index >= 15 is 0 Å². The lowest BCUT2D eigenvalue weighted by Gasteiger charge is -2.18. The topological polar surface area (TPSA) is 78.9 Å². The minimum atomic E-state index is -0.780. The smallest absolute Gasteiger partial charge is 0.306 e. The van der Waals surface area contributed by atoms with Crippen molar-refractivity contribution in [2.75, 3.05) is 13.2 Å². The number of unbranched alkanes of at least 4 members (excludes halogenated alkanes) is 36. The van der Waals surface area contributed by atoms with Crippen molar-refractivity contribution < 1.29 is 28.6 Å². The predicted molar refractivity (Wildman–Crippen MR) is 298 cm³/mol. The minimum Gasteiger partial charge on any atom is -0.462 e. The van der Waals surface area contributed by atoms with Crippen molar-refractivity contribution in [3.63, 3.8) is 0 Å². The highest BCUT2D eigenvalue weighted by atomic mass is 16.6. The van der Waals surface area contributed by atoms with E-state index in [1.54, 1.807) is 0 Å². The molecule has 0 rings (SSSR count). The summed E-state index contributed by atoms with van der Waals surface area (Å²) in [6, 6.07) is 0. The van der Waals surface area contributed by atoms with Crippen LogP contribution in [0.5, 0.6) is 0 Å². The van der Waals surface area contributed by atoms with Crippen LogP contribution in [0.25, 0.3) is 0 Å². The Kier molecular flexibility index (Phi) is 55.7. The Morgan fingerprint density at radius 3 is 0.826 bits per heavy atom. The van der Waals surface area contributed by atoms with E-state index in [0.717, 1.165) is 70.6 Å². The van der Waals surface area contributed by atoms with Crippen molar-refractivity contribution in [2.24, 2.45) is 0 Å². The summed E-state index contributed by atoms with van der Waals surface area (Å²) >= 11 is 0. The summed E-state index contributed by atoms with van der Waals surface area (Å²) in [5.74, 6) is -0.880. The fraction of sp³-hybridized carbons (Fsp3) is 0.825. The van der Waals surface area contributed by atoms with E-state index in [9.17, 15) is 14.4 Å². The third kappa shape index (κ3) is 56.2. The fourth-order valence-corrected chi connectivity index (χ4v) is 8.70. The molecule has 0 radical (unpaired) electrons. The van der Waals surface area contributed by atoms with Gasteiger partial charge in [-0.15, -0.1) is 0 Å². The van der Waals surface area contributed by atoms with Gasteiger partial charge in [0.05, 0.1) is 0 Å². The van der Waals surface area contributed by atoms with E-state index in [2.05, 4.69) is 69.4 Å². The second-order valence-corrected chi connectivity index (χ2v) is 20.2. The second-order valence-electron chi connectivity index (χ2n) is 20.2. The van der Waals surface area contributed by atoms with Crippen LogP contribution in [0, 0.1) is 0 Å². The molecule has 0 aromatic carbocycles. The molecule has 6 nitrogen and oxygen atoms in total. The van der Waals surface area contributed by atoms with E-state index in [0.29, 0.717) is 19.3 Å². The number of allylic oxidation sites excluding steroid dienone is 8. The minimum absolute atomic E-state index is 0.0780. The number of rotatable bonds is 55. The highest BCUT2D eigenvalue weighted by molar-refractivity contribution is 5.71. The summed E-state index contributed by atoms with van der Waals surface area (Å²) in [6.45, 7) is 6.63. The zero-order valence-electron chi connectivity index (χ0n) is 46.1. The van der Waals surface area contributed by atoms with Gasteiger partial charge in [-0.25, -0.2) is 0 Å². The molecule has 0 amide bonds. The van der Waals surface area contributed by atoms with Crippen LogP contribution in [0.15, 0.2) is 48.6 Å². The first-order valence-corrected chi connectivity index (χ1v) is 30.1. The molecule has 1 unspecified atom stereocenters. The zero-order chi connectivity index (χ0) is 50.0. The summed E-state index contributed by atoms with van der Waals surface area (Å²) in [7, 11) is 0. The highest BCUT2D eigenvalue weighted by Crippen LogP contribution is 2.16. The molecule has 0 aromatic rings. The van der Waals surface area contributed by atoms with Gasteiger partial charge in [0.15, 0.2) is 6.10 Å². The van der Waals surface area contributed by atoms with Gasteiger partial charge in [-0.2, -0.15) is 0 Å². The van der Waals surface area contributed by atoms with Crippen LogP contribution >= 0.6 is 0 Å². The van der Waals surface area contributed by atoms with Gasteiger partial charge >= 0.3 is 17.9 Å². The van der Waals surface area contributed by atoms with Crippen LogP contribution in [-0.2, 0) is 28.6 Å². The molecule has 0 aliphatic rings. The molecule has 0 bridgehead atoms. The van der Waals surface area contributed by atoms with Crippen LogP contribution < -0.4 is 0 Å². The average molecular weight is 968 g/mol. The highest BCUT2D eigenvalue weighted by Gasteiger charge is 2.19. The average Bonchev–Trinajstić information content (AvgIpc) is 3.35. The van der Waals surface area contributed by atoms with Crippen molar-refractivity contribution in [3.8, 4) is 0 Å². The van der Waals surface area contributed by atoms with Gasteiger partial charge in [0, 0.05) is 19.3 Å². The van der Waals surface area contributed by atoms with Gasteiger partial charge in [0.2, 0.25) is 0 Å². The molecule has 0 saturated carbocycles. The Morgan fingerprint density at radius 1 is 0.290 bits per heavy atom. The first-order chi connectivity index (χ1) is 34.0. The van der Waals surface area contributed by atoms with E-state index in [1.807, 2.05) is 0 Å². The van der Waals surface area contributed by atoms with E-state index < -0.39 is 6.10 Å². The summed E-state index contributed by atoms with van der Waals surface area (Å²) in [5, 5.41) is 0. The summed E-state index contributed by atoms with van der Waals surface area (Å²) in [5.41, 5.74) is 0. The maximum atomic E-state index is 12.9. The Labute approximate surface area is 428 Å². The molecule has 402 valence electrons. The van der Waals surface area contributed by atoms with Crippen LogP contribution in [-0.4, -0.2) is 37.2 Å². The van der Waals surface area contributed by atoms with E-state index in [4.69, 9.17) is 14.2 Å². The van der Waals surface area contributed by atoms with Crippen molar-refractivity contribution in [1.82, 2.24) is 0 Å². The van der Waals surface area contributed by atoms with Crippen LogP contribution in [0.4, 0.5) is 0 Å². The van der Waals surface area contributed by atoms with E-state index in [1.165, 1.54) is 205 Å². The van der Waals surface area contributed by atoms with Crippen molar-refractivity contribution >= 4 is 17.9 Å². The number of esters is 3. The lowest BCUT2D eigenvalue weighted by molar-refractivity contribution is -0.167. The second kappa shape index (κ2) is 57.9. The van der Waals surface area contributed by atoms with Gasteiger partial charge < -0.3 is 14.2 Å². The van der Waals surface area contributed by atoms with Gasteiger partial charge in [0.25, 0.3) is 0 Å². The van der Waals surface area contributed by atoms with Gasteiger partial charge in [-0.1, -0.05) is 243 Å². The number of carbonyl (C=O) groups is 3. The molecule has 1 atom stereocenters. The summed E-state index contributed by atoms with van der Waals surface area (Å²) < 4.78 is 16.9. The zero-order valence-corrected chi connectivity index (χ0v) is 46.1. The summed E-state index contributed by atoms with van der Waals surface area (Å²) in [6.07, 6.45) is 71.0. The molecule has 0 aliphatic heterocycles. The molecular weight excluding hydrogens is 853 g/mol. The van der Waals surface area contributed by atoms with Crippen molar-refractivity contribution in [1.29, 1.82) is 0 Å². The van der Waals surface area contributed by atoms with Crippen LogP contribution in [0.1, 0.15) is 316 Å². The molecule has 0 heterocycles. The Bertz CT molecular complexity index is 1200. The third-order valence-electron chi connectivity index (χ3n) is 13.3. The summed E-state index contributed by atoms with van der Waals surface area (Å²) in [4.78, 5) is 38.2. The predicted octanol–water partition coefficient (Wildman–Crippen LogP) is 20.2. The third-order valence-corrected chi connectivity index (χ3v) is 13.3. The Hall–Kier alpha value is -2.63. The van der Waals surface area contributed by atoms with Crippen LogP contribution in [0.3, 0.4) is 0 Å². The number of ether oxygens (including phenoxy) is 3. The monoisotopic (exact) mass is 967 g/mol. The molecule has 0 fully saturated rings. The molecule has 0 aromatic heterocycles. The maximum Gasteiger partial charge on any atom is 0.306 e. The SMILES string of the molecule is CCCCCC/C=C\CCCCCCCC(=O)OCC(COC(=O)CCCCCCCCCCC/C=C\C/C=C\CCCCCCC)OC(=O)CCCCCCCCC/C=C\CCCCCCCC.